The van der Waals surface area contributed by atoms with E-state index in [9.17, 15) is 13.2 Å². The number of carbonyl (C=O) groups excluding carboxylic acids is 1. The highest BCUT2D eigenvalue weighted by Gasteiger charge is 2.56. The largest absolute Gasteiger partial charge is 0.298 e. The predicted molar refractivity (Wildman–Crippen MR) is 98.8 cm³/mol. The first kappa shape index (κ1) is 19.3. The number of hydrogen-bond acceptors (Lipinski definition) is 4. The van der Waals surface area contributed by atoms with E-state index in [1.807, 2.05) is 11.8 Å². The van der Waals surface area contributed by atoms with Crippen molar-refractivity contribution in [2.45, 2.75) is 99.7 Å². The molecule has 0 aromatic carbocycles. The van der Waals surface area contributed by atoms with Crippen molar-refractivity contribution in [1.82, 2.24) is 0 Å². The lowest BCUT2D eigenvalue weighted by atomic mass is 9.79. The fourth-order valence-corrected chi connectivity index (χ4v) is 7.52. The minimum atomic E-state index is -3.31. The molecule has 0 amide bonds. The van der Waals surface area contributed by atoms with Crippen LogP contribution in [-0.2, 0) is 14.6 Å². The number of rotatable bonds is 7. The number of carbonyl (C=O) groups is 1. The Morgan fingerprint density at radius 1 is 1.09 bits per heavy atom. The van der Waals surface area contributed by atoms with Crippen LogP contribution >= 0.6 is 11.8 Å². The van der Waals surface area contributed by atoms with Crippen molar-refractivity contribution >= 4 is 27.4 Å². The first-order valence-corrected chi connectivity index (χ1v) is 11.6. The van der Waals surface area contributed by atoms with Crippen molar-refractivity contribution in [2.75, 3.05) is 5.75 Å². The van der Waals surface area contributed by atoms with Gasteiger partial charge in [0, 0.05) is 11.2 Å². The molecule has 2 saturated carbocycles. The van der Waals surface area contributed by atoms with Gasteiger partial charge in [-0.2, -0.15) is 11.8 Å². The second-order valence-electron chi connectivity index (χ2n) is 8.14. The van der Waals surface area contributed by atoms with Gasteiger partial charge in [0.05, 0.1) is 5.25 Å². The summed E-state index contributed by atoms with van der Waals surface area (Å²) in [6.45, 7) is 6.50. The average molecular weight is 361 g/mol. The third-order valence-corrected chi connectivity index (χ3v) is 9.72. The van der Waals surface area contributed by atoms with Crippen molar-refractivity contribution < 1.29 is 13.2 Å². The zero-order valence-corrected chi connectivity index (χ0v) is 16.5. The molecular weight excluding hydrogens is 328 g/mol. The van der Waals surface area contributed by atoms with Crippen molar-refractivity contribution in [2.24, 2.45) is 0 Å². The summed E-state index contributed by atoms with van der Waals surface area (Å²) in [5.74, 6) is 0.929. The summed E-state index contributed by atoms with van der Waals surface area (Å²) < 4.78 is 25.4. The first-order valence-electron chi connectivity index (χ1n) is 9.10. The lowest BCUT2D eigenvalue weighted by Crippen LogP contribution is -2.55. The van der Waals surface area contributed by atoms with Crippen LogP contribution in [0.2, 0.25) is 0 Å². The van der Waals surface area contributed by atoms with Gasteiger partial charge in [-0.25, -0.2) is 8.42 Å². The quantitative estimate of drug-likeness (QED) is 0.626. The highest BCUT2D eigenvalue weighted by Crippen LogP contribution is 2.45. The number of hydrogen-bond donors (Lipinski definition) is 0. The third kappa shape index (κ3) is 4.33. The minimum absolute atomic E-state index is 0.00355. The Morgan fingerprint density at radius 2 is 1.70 bits per heavy atom. The van der Waals surface area contributed by atoms with Gasteiger partial charge in [0.15, 0.2) is 15.6 Å². The fourth-order valence-electron chi connectivity index (χ4n) is 3.75. The van der Waals surface area contributed by atoms with Crippen LogP contribution in [0.5, 0.6) is 0 Å². The van der Waals surface area contributed by atoms with E-state index in [0.717, 1.165) is 50.7 Å². The Hall–Kier alpha value is -0.0300. The van der Waals surface area contributed by atoms with E-state index in [2.05, 4.69) is 20.8 Å². The smallest absolute Gasteiger partial charge is 0.165 e. The monoisotopic (exact) mass is 360 g/mol. The molecule has 0 atom stereocenters. The van der Waals surface area contributed by atoms with E-state index >= 15 is 0 Å². The van der Waals surface area contributed by atoms with Crippen molar-refractivity contribution in [3.8, 4) is 0 Å². The van der Waals surface area contributed by atoms with Gasteiger partial charge in [0.25, 0.3) is 0 Å². The van der Waals surface area contributed by atoms with Crippen LogP contribution in [0.15, 0.2) is 0 Å². The van der Waals surface area contributed by atoms with Crippen LogP contribution < -0.4 is 0 Å². The number of sulfone groups is 1. The number of Topliss-reactive ketones (excluding diaryl/α,β-unsaturated/α-hetero) is 1. The second kappa shape index (κ2) is 7.47. The summed E-state index contributed by atoms with van der Waals surface area (Å²) in [4.78, 5) is 12.8. The Bertz CT molecular complexity index is 507. The van der Waals surface area contributed by atoms with Gasteiger partial charge in [-0.3, -0.25) is 4.79 Å². The lowest BCUT2D eigenvalue weighted by Gasteiger charge is -2.42. The van der Waals surface area contributed by atoms with Crippen LogP contribution in [0.3, 0.4) is 0 Å². The van der Waals surface area contributed by atoms with Gasteiger partial charge < -0.3 is 0 Å². The number of ketones is 1. The summed E-state index contributed by atoms with van der Waals surface area (Å²) >= 11 is 1.85. The summed E-state index contributed by atoms with van der Waals surface area (Å²) in [7, 11) is -3.31. The molecule has 0 saturated heterocycles. The number of thioether (sulfide) groups is 1. The maximum absolute atomic E-state index is 13.1. The fraction of sp³-hybridized carbons (Fsp3) is 0.944. The topological polar surface area (TPSA) is 51.2 Å². The maximum atomic E-state index is 13.1. The molecule has 0 aromatic rings. The van der Waals surface area contributed by atoms with E-state index in [4.69, 9.17) is 0 Å². The molecule has 2 fully saturated rings. The zero-order valence-electron chi connectivity index (χ0n) is 14.9. The summed E-state index contributed by atoms with van der Waals surface area (Å²) in [6.07, 6.45) is 7.89. The van der Waals surface area contributed by atoms with Crippen LogP contribution in [0, 0.1) is 0 Å². The van der Waals surface area contributed by atoms with Gasteiger partial charge in [-0.05, 0) is 44.3 Å². The third-order valence-electron chi connectivity index (χ3n) is 5.29. The molecule has 5 heteroatoms. The summed E-state index contributed by atoms with van der Waals surface area (Å²) in [6, 6.07) is 0. The molecule has 3 nitrogen and oxygen atoms in total. The molecule has 0 radical (unpaired) electrons. The van der Waals surface area contributed by atoms with Crippen LogP contribution in [0.4, 0.5) is 0 Å². The molecule has 0 bridgehead atoms. The molecule has 134 valence electrons. The van der Waals surface area contributed by atoms with Gasteiger partial charge in [0.1, 0.15) is 4.75 Å². The average Bonchev–Trinajstić information content (AvgIpc) is 2.42. The van der Waals surface area contributed by atoms with Gasteiger partial charge >= 0.3 is 0 Å². The molecule has 0 N–H and O–H groups in total. The molecule has 2 aliphatic carbocycles. The maximum Gasteiger partial charge on any atom is 0.165 e. The van der Waals surface area contributed by atoms with Crippen LogP contribution in [-0.4, -0.2) is 34.7 Å². The van der Waals surface area contributed by atoms with E-state index < -0.39 is 14.6 Å². The molecule has 0 heterocycles. The summed E-state index contributed by atoms with van der Waals surface area (Å²) in [5, 5.41) is -0.260. The molecule has 0 spiro atoms. The highest BCUT2D eigenvalue weighted by atomic mass is 32.2. The SMILES string of the molecule is CC(C)(C)SCCCC(=O)C1(S(=O)(=O)C2CCCCC2)CCC1. The van der Waals surface area contributed by atoms with Crippen molar-refractivity contribution in [1.29, 1.82) is 0 Å². The van der Waals surface area contributed by atoms with Gasteiger partial charge in [-0.15, -0.1) is 0 Å². The van der Waals surface area contributed by atoms with Gasteiger partial charge in [-0.1, -0.05) is 40.0 Å². The van der Waals surface area contributed by atoms with E-state index in [1.54, 1.807) is 0 Å². The molecule has 23 heavy (non-hydrogen) atoms. The van der Waals surface area contributed by atoms with E-state index in [-0.39, 0.29) is 15.8 Å². The van der Waals surface area contributed by atoms with E-state index in [1.165, 1.54) is 0 Å². The van der Waals surface area contributed by atoms with Crippen molar-refractivity contribution in [3.05, 3.63) is 0 Å². The van der Waals surface area contributed by atoms with E-state index in [0.29, 0.717) is 19.3 Å². The van der Waals surface area contributed by atoms with Gasteiger partial charge in [0.2, 0.25) is 0 Å². The first-order chi connectivity index (χ1) is 10.7. The summed E-state index contributed by atoms with van der Waals surface area (Å²) in [5.41, 5.74) is 0. The minimum Gasteiger partial charge on any atom is -0.298 e. The molecule has 0 unspecified atom stereocenters. The zero-order chi connectivity index (χ0) is 17.1. The normalized spacial score (nSPS) is 22.6. The van der Waals surface area contributed by atoms with Crippen LogP contribution in [0.1, 0.15) is 85.0 Å². The lowest BCUT2D eigenvalue weighted by molar-refractivity contribution is -0.123. The highest BCUT2D eigenvalue weighted by molar-refractivity contribution is 8.00. The Morgan fingerprint density at radius 3 is 2.17 bits per heavy atom. The molecule has 0 aliphatic heterocycles. The Kier molecular flexibility index (Phi) is 6.26. The standard InChI is InChI=1S/C18H32O3S2/c1-17(2,3)22-14-7-11-16(19)18(12-8-13-18)23(20,21)15-9-5-4-6-10-15/h15H,4-14H2,1-3H3. The molecular formula is C18H32O3S2. The predicted octanol–water partition coefficient (Wildman–Crippen LogP) is 4.54. The molecule has 2 rings (SSSR count). The Labute approximate surface area is 146 Å². The molecule has 0 aromatic heterocycles. The van der Waals surface area contributed by atoms with Crippen molar-refractivity contribution in [3.63, 3.8) is 0 Å². The van der Waals surface area contributed by atoms with Crippen LogP contribution in [0.25, 0.3) is 0 Å². The second-order valence-corrected chi connectivity index (χ2v) is 12.6. The Balaban J connectivity index is 1.97. The molecule has 2 aliphatic rings.